The maximum atomic E-state index is 11.4. The molecule has 0 amide bonds. The van der Waals surface area contributed by atoms with Crippen LogP contribution < -0.4 is 10.1 Å². The largest absolute Gasteiger partial charge is 0.479 e. The Hall–Kier alpha value is -1.51. The molecule has 0 aliphatic carbocycles. The number of Topliss-reactive ketones (excluding diaryl/α,β-unsaturated/α-hetero) is 1. The van der Waals surface area contributed by atoms with E-state index < -0.39 is 0 Å². The van der Waals surface area contributed by atoms with E-state index in [0.29, 0.717) is 13.0 Å². The number of anilines is 1. The van der Waals surface area contributed by atoms with Crippen molar-refractivity contribution >= 4 is 11.5 Å². The summed E-state index contributed by atoms with van der Waals surface area (Å²) in [5.41, 5.74) is 0.965. The first-order valence-electron chi connectivity index (χ1n) is 4.83. The van der Waals surface area contributed by atoms with Crippen LogP contribution in [0.4, 0.5) is 5.69 Å². The van der Waals surface area contributed by atoms with Crippen molar-refractivity contribution in [1.29, 1.82) is 0 Å². The Labute approximate surface area is 83.1 Å². The van der Waals surface area contributed by atoms with Gasteiger partial charge in [0.25, 0.3) is 0 Å². The third-order valence-corrected chi connectivity index (χ3v) is 2.34. The normalized spacial score (nSPS) is 19.1. The molecule has 14 heavy (non-hydrogen) atoms. The Bertz CT molecular complexity index is 349. The molecule has 0 saturated heterocycles. The highest BCUT2D eigenvalue weighted by atomic mass is 16.5. The van der Waals surface area contributed by atoms with E-state index in [-0.39, 0.29) is 11.9 Å². The van der Waals surface area contributed by atoms with Crippen molar-refractivity contribution in [3.05, 3.63) is 24.3 Å². The van der Waals surface area contributed by atoms with Crippen molar-refractivity contribution in [2.24, 2.45) is 0 Å². The van der Waals surface area contributed by atoms with Gasteiger partial charge >= 0.3 is 0 Å². The van der Waals surface area contributed by atoms with Crippen LogP contribution >= 0.6 is 0 Å². The second kappa shape index (κ2) is 3.70. The predicted molar refractivity (Wildman–Crippen MR) is 54.6 cm³/mol. The van der Waals surface area contributed by atoms with E-state index >= 15 is 0 Å². The lowest BCUT2D eigenvalue weighted by molar-refractivity contribution is -0.125. The van der Waals surface area contributed by atoms with Crippen LogP contribution in [0.2, 0.25) is 0 Å². The molecule has 0 aromatic heterocycles. The van der Waals surface area contributed by atoms with Crippen molar-refractivity contribution in [2.75, 3.05) is 11.9 Å². The van der Waals surface area contributed by atoms with Gasteiger partial charge in [0, 0.05) is 6.42 Å². The Morgan fingerprint density at radius 2 is 2.36 bits per heavy atom. The molecule has 1 aliphatic heterocycles. The monoisotopic (exact) mass is 191 g/mol. The second-order valence-corrected chi connectivity index (χ2v) is 3.30. The summed E-state index contributed by atoms with van der Waals surface area (Å²) in [5, 5.41) is 3.18. The van der Waals surface area contributed by atoms with E-state index in [4.69, 9.17) is 4.74 Å². The average Bonchev–Trinajstić information content (AvgIpc) is 2.27. The van der Waals surface area contributed by atoms with Gasteiger partial charge in [-0.1, -0.05) is 19.1 Å². The van der Waals surface area contributed by atoms with Crippen LogP contribution in [-0.2, 0) is 4.79 Å². The minimum absolute atomic E-state index is 0.145. The van der Waals surface area contributed by atoms with Gasteiger partial charge in [0.15, 0.2) is 11.9 Å². The predicted octanol–water partition coefficient (Wildman–Crippen LogP) is 1.84. The van der Waals surface area contributed by atoms with Gasteiger partial charge in [-0.25, -0.2) is 0 Å². The highest BCUT2D eigenvalue weighted by molar-refractivity contribution is 5.84. The number of ether oxygens (including phenoxy) is 1. The van der Waals surface area contributed by atoms with Crippen molar-refractivity contribution in [3.8, 4) is 5.75 Å². The number of benzene rings is 1. The molecular weight excluding hydrogens is 178 g/mol. The molecule has 1 aromatic carbocycles. The van der Waals surface area contributed by atoms with Gasteiger partial charge in [0.05, 0.1) is 12.2 Å². The minimum Gasteiger partial charge on any atom is -0.479 e. The summed E-state index contributed by atoms with van der Waals surface area (Å²) in [6, 6.07) is 7.66. The van der Waals surface area contributed by atoms with Crippen LogP contribution in [0.1, 0.15) is 13.3 Å². The quantitative estimate of drug-likeness (QED) is 0.775. The second-order valence-electron chi connectivity index (χ2n) is 3.30. The molecule has 1 heterocycles. The number of nitrogens with one attached hydrogen (secondary N) is 1. The fourth-order valence-electron chi connectivity index (χ4n) is 1.52. The number of para-hydroxylation sites is 2. The highest BCUT2D eigenvalue weighted by Crippen LogP contribution is 2.28. The summed E-state index contributed by atoms with van der Waals surface area (Å²) in [5.74, 6) is 0.914. The lowest BCUT2D eigenvalue weighted by Crippen LogP contribution is -2.37. The van der Waals surface area contributed by atoms with Gasteiger partial charge in [0.2, 0.25) is 0 Å². The van der Waals surface area contributed by atoms with E-state index in [1.54, 1.807) is 0 Å². The summed E-state index contributed by atoms with van der Waals surface area (Å²) < 4.78 is 5.57. The molecule has 1 unspecified atom stereocenters. The molecule has 0 bridgehead atoms. The zero-order chi connectivity index (χ0) is 9.97. The fourth-order valence-corrected chi connectivity index (χ4v) is 1.52. The van der Waals surface area contributed by atoms with Crippen molar-refractivity contribution in [1.82, 2.24) is 0 Å². The van der Waals surface area contributed by atoms with Crippen molar-refractivity contribution in [3.63, 3.8) is 0 Å². The smallest absolute Gasteiger partial charge is 0.174 e. The van der Waals surface area contributed by atoms with Gasteiger partial charge in [-0.15, -0.1) is 0 Å². The van der Waals surface area contributed by atoms with E-state index in [1.165, 1.54) is 0 Å². The molecular formula is C11H13NO2. The Morgan fingerprint density at radius 3 is 3.14 bits per heavy atom. The zero-order valence-corrected chi connectivity index (χ0v) is 8.12. The van der Waals surface area contributed by atoms with Crippen LogP contribution in [-0.4, -0.2) is 18.4 Å². The lowest BCUT2D eigenvalue weighted by Gasteiger charge is -2.25. The molecule has 0 spiro atoms. The van der Waals surface area contributed by atoms with Crippen LogP contribution in [0.3, 0.4) is 0 Å². The van der Waals surface area contributed by atoms with E-state index in [2.05, 4.69) is 5.32 Å². The summed E-state index contributed by atoms with van der Waals surface area (Å²) in [6.07, 6.45) is 0.198. The van der Waals surface area contributed by atoms with E-state index in [1.807, 2.05) is 31.2 Å². The first-order valence-corrected chi connectivity index (χ1v) is 4.83. The summed E-state index contributed by atoms with van der Waals surface area (Å²) in [4.78, 5) is 11.4. The molecule has 1 atom stereocenters. The van der Waals surface area contributed by atoms with Crippen LogP contribution in [0.15, 0.2) is 24.3 Å². The molecule has 1 aromatic rings. The molecule has 2 rings (SSSR count). The Balaban J connectivity index is 2.17. The highest BCUT2D eigenvalue weighted by Gasteiger charge is 2.23. The number of carbonyl (C=O) groups excluding carboxylic acids is 1. The molecule has 1 aliphatic rings. The molecule has 0 radical (unpaired) electrons. The third kappa shape index (κ3) is 1.58. The molecule has 1 N–H and O–H groups in total. The summed E-state index contributed by atoms with van der Waals surface area (Å²) in [7, 11) is 0. The first-order chi connectivity index (χ1) is 6.81. The summed E-state index contributed by atoms with van der Waals surface area (Å²) in [6.45, 7) is 2.43. The lowest BCUT2D eigenvalue weighted by atomic mass is 10.1. The van der Waals surface area contributed by atoms with Gasteiger partial charge < -0.3 is 10.1 Å². The standard InChI is InChI=1S/C11H13NO2/c1-2-9(13)11-7-12-8-5-3-4-6-10(8)14-11/h3-6,11-12H,2,7H2,1H3. The topological polar surface area (TPSA) is 38.3 Å². The Morgan fingerprint density at radius 1 is 1.57 bits per heavy atom. The number of carbonyl (C=O) groups is 1. The van der Waals surface area contributed by atoms with Crippen LogP contribution in [0, 0.1) is 0 Å². The number of hydrogen-bond acceptors (Lipinski definition) is 3. The summed E-state index contributed by atoms with van der Waals surface area (Å²) >= 11 is 0. The van der Waals surface area contributed by atoms with Crippen molar-refractivity contribution in [2.45, 2.75) is 19.4 Å². The molecule has 3 nitrogen and oxygen atoms in total. The maximum absolute atomic E-state index is 11.4. The molecule has 3 heteroatoms. The van der Waals surface area contributed by atoms with E-state index in [0.717, 1.165) is 11.4 Å². The molecule has 0 fully saturated rings. The third-order valence-electron chi connectivity index (χ3n) is 2.34. The van der Waals surface area contributed by atoms with Crippen molar-refractivity contribution < 1.29 is 9.53 Å². The first kappa shape index (κ1) is 9.06. The average molecular weight is 191 g/mol. The maximum Gasteiger partial charge on any atom is 0.174 e. The SMILES string of the molecule is CCC(=O)C1CNc2ccccc2O1. The number of hydrogen-bond donors (Lipinski definition) is 1. The number of fused-ring (bicyclic) bond motifs is 1. The van der Waals surface area contributed by atoms with Crippen LogP contribution in [0.25, 0.3) is 0 Å². The van der Waals surface area contributed by atoms with Crippen LogP contribution in [0.5, 0.6) is 5.75 Å². The molecule has 74 valence electrons. The minimum atomic E-state index is -0.324. The van der Waals surface area contributed by atoms with Gasteiger partial charge in [0.1, 0.15) is 5.75 Å². The number of ketones is 1. The zero-order valence-electron chi connectivity index (χ0n) is 8.12. The Kier molecular flexibility index (Phi) is 2.39. The fraction of sp³-hybridized carbons (Fsp3) is 0.364. The van der Waals surface area contributed by atoms with Gasteiger partial charge in [-0.3, -0.25) is 4.79 Å². The van der Waals surface area contributed by atoms with Gasteiger partial charge in [-0.05, 0) is 12.1 Å². The van der Waals surface area contributed by atoms with E-state index in [9.17, 15) is 4.79 Å². The van der Waals surface area contributed by atoms with Gasteiger partial charge in [-0.2, -0.15) is 0 Å². The number of rotatable bonds is 2. The molecule has 0 saturated carbocycles.